The lowest BCUT2D eigenvalue weighted by atomic mass is 10.1. The molecule has 0 saturated carbocycles. The van der Waals surface area contributed by atoms with Gasteiger partial charge >= 0.3 is 0 Å². The number of anilines is 1. The molecule has 0 aromatic carbocycles. The number of hydrogen-bond acceptors (Lipinski definition) is 3. The van der Waals surface area contributed by atoms with Crippen LogP contribution in [0.15, 0.2) is 18.6 Å². The molecule has 0 radical (unpaired) electrons. The van der Waals surface area contributed by atoms with E-state index in [1.54, 1.807) is 6.20 Å². The van der Waals surface area contributed by atoms with E-state index in [1.165, 1.54) is 6.33 Å². The van der Waals surface area contributed by atoms with Crippen molar-refractivity contribution in [2.75, 3.05) is 11.2 Å². The monoisotopic (exact) mass is 213 g/mol. The highest BCUT2D eigenvalue weighted by molar-refractivity contribution is 6.18. The number of hydrogen-bond donors (Lipinski definition) is 1. The minimum Gasteiger partial charge on any atom is -0.366 e. The second-order valence-corrected chi connectivity index (χ2v) is 4.03. The molecule has 0 bridgehead atoms. The maximum atomic E-state index is 5.86. The van der Waals surface area contributed by atoms with E-state index in [-0.39, 0.29) is 6.04 Å². The van der Waals surface area contributed by atoms with Crippen molar-refractivity contribution in [1.29, 1.82) is 0 Å². The van der Waals surface area contributed by atoms with Crippen molar-refractivity contribution in [1.82, 2.24) is 9.97 Å². The summed E-state index contributed by atoms with van der Waals surface area (Å²) >= 11 is 5.86. The summed E-state index contributed by atoms with van der Waals surface area (Å²) < 4.78 is 0. The number of aromatic nitrogens is 2. The molecule has 0 aliphatic heterocycles. The van der Waals surface area contributed by atoms with Gasteiger partial charge < -0.3 is 5.32 Å². The first-order chi connectivity index (χ1) is 6.72. The van der Waals surface area contributed by atoms with Gasteiger partial charge in [0.15, 0.2) is 0 Å². The average Bonchev–Trinajstić information content (AvgIpc) is 2.17. The molecule has 1 unspecified atom stereocenters. The van der Waals surface area contributed by atoms with E-state index in [2.05, 4.69) is 29.1 Å². The Kier molecular flexibility index (Phi) is 4.66. The van der Waals surface area contributed by atoms with Gasteiger partial charge in [0, 0.05) is 18.1 Å². The van der Waals surface area contributed by atoms with E-state index < -0.39 is 0 Å². The quantitative estimate of drug-likeness (QED) is 0.764. The van der Waals surface area contributed by atoms with Crippen LogP contribution in [-0.4, -0.2) is 21.9 Å². The van der Waals surface area contributed by atoms with Crippen LogP contribution >= 0.6 is 11.6 Å². The van der Waals surface area contributed by atoms with Crippen LogP contribution in [0.2, 0.25) is 0 Å². The van der Waals surface area contributed by atoms with Gasteiger partial charge in [0.05, 0.1) is 0 Å². The molecule has 1 aromatic heterocycles. The van der Waals surface area contributed by atoms with E-state index >= 15 is 0 Å². The zero-order valence-corrected chi connectivity index (χ0v) is 9.33. The van der Waals surface area contributed by atoms with Gasteiger partial charge in [-0.2, -0.15) is 0 Å². The van der Waals surface area contributed by atoms with Gasteiger partial charge in [0.25, 0.3) is 0 Å². The molecule has 0 fully saturated rings. The average molecular weight is 214 g/mol. The fraction of sp³-hybridized carbons (Fsp3) is 0.600. The second-order valence-electron chi connectivity index (χ2n) is 3.72. The Labute approximate surface area is 89.9 Å². The Hall–Kier alpha value is -0.830. The first-order valence-electron chi connectivity index (χ1n) is 4.81. The summed E-state index contributed by atoms with van der Waals surface area (Å²) in [7, 11) is 0. The minimum absolute atomic E-state index is 0.284. The largest absolute Gasteiger partial charge is 0.366 e. The van der Waals surface area contributed by atoms with Crippen molar-refractivity contribution in [2.24, 2.45) is 5.92 Å². The number of nitrogens with zero attached hydrogens (tertiary/aromatic N) is 2. The Balaban J connectivity index is 2.48. The molecule has 1 heterocycles. The van der Waals surface area contributed by atoms with Crippen LogP contribution in [0.1, 0.15) is 20.3 Å². The van der Waals surface area contributed by atoms with E-state index in [4.69, 9.17) is 11.6 Å². The Bertz CT molecular complexity index is 251. The molecule has 0 aliphatic carbocycles. The molecule has 0 aliphatic rings. The summed E-state index contributed by atoms with van der Waals surface area (Å²) in [5.74, 6) is 2.07. The predicted octanol–water partition coefficient (Wildman–Crippen LogP) is 2.54. The van der Waals surface area contributed by atoms with Crippen LogP contribution in [0.5, 0.6) is 0 Å². The summed E-state index contributed by atoms with van der Waals surface area (Å²) in [6, 6.07) is 2.13. The zero-order chi connectivity index (χ0) is 10.4. The van der Waals surface area contributed by atoms with Gasteiger partial charge in [0.2, 0.25) is 0 Å². The van der Waals surface area contributed by atoms with Gasteiger partial charge in [-0.15, -0.1) is 11.6 Å². The first kappa shape index (κ1) is 11.2. The van der Waals surface area contributed by atoms with E-state index in [9.17, 15) is 0 Å². The highest BCUT2D eigenvalue weighted by Crippen LogP contribution is 2.11. The van der Waals surface area contributed by atoms with Gasteiger partial charge in [-0.1, -0.05) is 13.8 Å². The molecule has 0 spiro atoms. The van der Waals surface area contributed by atoms with Crippen LogP contribution in [0.3, 0.4) is 0 Å². The summed E-state index contributed by atoms with van der Waals surface area (Å²) in [6.45, 7) is 4.36. The van der Waals surface area contributed by atoms with Gasteiger partial charge in [-0.25, -0.2) is 9.97 Å². The third-order valence-corrected chi connectivity index (χ3v) is 2.25. The maximum absolute atomic E-state index is 5.86. The van der Waals surface area contributed by atoms with Crippen molar-refractivity contribution in [3.8, 4) is 0 Å². The number of halogens is 1. The van der Waals surface area contributed by atoms with E-state index in [0.717, 1.165) is 12.2 Å². The molecule has 0 amide bonds. The van der Waals surface area contributed by atoms with Crippen LogP contribution in [0.25, 0.3) is 0 Å². The SMILES string of the molecule is CC(C)CC(CCl)Nc1ccncn1. The van der Waals surface area contributed by atoms with Crippen molar-refractivity contribution in [3.05, 3.63) is 18.6 Å². The summed E-state index contributed by atoms with van der Waals surface area (Å²) in [4.78, 5) is 7.95. The van der Waals surface area contributed by atoms with Gasteiger partial charge in [0.1, 0.15) is 12.1 Å². The molecule has 78 valence electrons. The Morgan fingerprint density at radius 1 is 1.50 bits per heavy atom. The topological polar surface area (TPSA) is 37.8 Å². The fourth-order valence-electron chi connectivity index (χ4n) is 1.31. The maximum Gasteiger partial charge on any atom is 0.129 e. The predicted molar refractivity (Wildman–Crippen MR) is 59.6 cm³/mol. The first-order valence-corrected chi connectivity index (χ1v) is 5.34. The van der Waals surface area contributed by atoms with Crippen LogP contribution in [0, 0.1) is 5.92 Å². The molecular formula is C10H16ClN3. The number of nitrogens with one attached hydrogen (secondary N) is 1. The number of alkyl halides is 1. The lowest BCUT2D eigenvalue weighted by Gasteiger charge is -2.18. The zero-order valence-electron chi connectivity index (χ0n) is 8.57. The third kappa shape index (κ3) is 3.92. The fourth-order valence-corrected chi connectivity index (χ4v) is 1.52. The van der Waals surface area contributed by atoms with Gasteiger partial charge in [-0.05, 0) is 18.4 Å². The van der Waals surface area contributed by atoms with Gasteiger partial charge in [-0.3, -0.25) is 0 Å². The number of rotatable bonds is 5. The van der Waals surface area contributed by atoms with Crippen molar-refractivity contribution >= 4 is 17.4 Å². The molecule has 1 aromatic rings. The molecule has 1 atom stereocenters. The third-order valence-electron chi connectivity index (χ3n) is 1.88. The summed E-state index contributed by atoms with van der Waals surface area (Å²) in [6.07, 6.45) is 4.30. The van der Waals surface area contributed by atoms with Crippen LogP contribution in [0.4, 0.5) is 5.82 Å². The highest BCUT2D eigenvalue weighted by Gasteiger charge is 2.09. The molecule has 1 N–H and O–H groups in total. The van der Waals surface area contributed by atoms with Crippen molar-refractivity contribution < 1.29 is 0 Å². The summed E-state index contributed by atoms with van der Waals surface area (Å²) in [5.41, 5.74) is 0. The highest BCUT2D eigenvalue weighted by atomic mass is 35.5. The molecular weight excluding hydrogens is 198 g/mol. The Morgan fingerprint density at radius 3 is 2.79 bits per heavy atom. The molecule has 14 heavy (non-hydrogen) atoms. The van der Waals surface area contributed by atoms with Crippen LogP contribution < -0.4 is 5.32 Å². The molecule has 1 rings (SSSR count). The Morgan fingerprint density at radius 2 is 2.29 bits per heavy atom. The second kappa shape index (κ2) is 5.81. The van der Waals surface area contributed by atoms with E-state index in [0.29, 0.717) is 11.8 Å². The molecule has 4 heteroatoms. The normalized spacial score (nSPS) is 12.9. The molecule has 3 nitrogen and oxygen atoms in total. The van der Waals surface area contributed by atoms with Crippen molar-refractivity contribution in [2.45, 2.75) is 26.3 Å². The van der Waals surface area contributed by atoms with Crippen molar-refractivity contribution in [3.63, 3.8) is 0 Å². The standard InChI is InChI=1S/C10H16ClN3/c1-8(2)5-9(6-11)14-10-3-4-12-7-13-10/h3-4,7-9H,5-6H2,1-2H3,(H,12,13,14). The molecule has 0 saturated heterocycles. The summed E-state index contributed by atoms with van der Waals surface area (Å²) in [5, 5.41) is 3.28. The van der Waals surface area contributed by atoms with Crippen LogP contribution in [-0.2, 0) is 0 Å². The van der Waals surface area contributed by atoms with E-state index in [1.807, 2.05) is 6.07 Å². The minimum atomic E-state index is 0.284. The lowest BCUT2D eigenvalue weighted by molar-refractivity contribution is 0.541. The smallest absolute Gasteiger partial charge is 0.129 e. The lowest BCUT2D eigenvalue weighted by Crippen LogP contribution is -2.23.